The van der Waals surface area contributed by atoms with Gasteiger partial charge in [-0.1, -0.05) is 40.9 Å². The number of fused-ring (bicyclic) bond motifs is 1. The summed E-state index contributed by atoms with van der Waals surface area (Å²) in [4.78, 5) is 25.2. The Hall–Kier alpha value is -2.51. The zero-order valence-electron chi connectivity index (χ0n) is 17.4. The zero-order chi connectivity index (χ0) is 24.2. The van der Waals surface area contributed by atoms with E-state index in [1.807, 2.05) is 0 Å². The van der Waals surface area contributed by atoms with Crippen molar-refractivity contribution in [2.24, 2.45) is 0 Å². The second kappa shape index (κ2) is 10.8. The lowest BCUT2D eigenvalue weighted by atomic mass is 10.1. The molecule has 0 amide bonds. The number of rotatable bonds is 7. The third-order valence-corrected chi connectivity index (χ3v) is 6.28. The van der Waals surface area contributed by atoms with Crippen LogP contribution in [0, 0.1) is 0 Å². The summed E-state index contributed by atoms with van der Waals surface area (Å²) in [5.41, 5.74) is 0.866. The number of carbonyl (C=O) groups excluding carboxylic acids is 1. The molecule has 5 nitrogen and oxygen atoms in total. The molecule has 0 bridgehead atoms. The lowest BCUT2D eigenvalue weighted by molar-refractivity contribution is -0.134. The van der Waals surface area contributed by atoms with Gasteiger partial charge in [0.25, 0.3) is 0 Å². The minimum atomic E-state index is -0.426. The van der Waals surface area contributed by atoms with Gasteiger partial charge in [0, 0.05) is 28.1 Å². The molecule has 174 valence electrons. The highest BCUT2D eigenvalue weighted by Crippen LogP contribution is 2.31. The Bertz CT molecular complexity index is 1430. The normalized spacial score (nSPS) is 10.9. The molecule has 0 fully saturated rings. The van der Waals surface area contributed by atoms with Crippen molar-refractivity contribution >= 4 is 67.7 Å². The molecule has 0 aliphatic carbocycles. The molecule has 1 heterocycles. The van der Waals surface area contributed by atoms with Gasteiger partial charge < -0.3 is 13.9 Å². The quantitative estimate of drug-likeness (QED) is 0.126. The van der Waals surface area contributed by atoms with Crippen molar-refractivity contribution < 1.29 is 18.7 Å². The number of hydrogen-bond acceptors (Lipinski definition) is 5. The van der Waals surface area contributed by atoms with E-state index in [0.717, 1.165) is 4.47 Å². The molecule has 4 rings (SSSR count). The van der Waals surface area contributed by atoms with E-state index in [1.54, 1.807) is 48.5 Å². The van der Waals surface area contributed by atoms with Gasteiger partial charge in [-0.2, -0.15) is 0 Å². The van der Waals surface area contributed by atoms with Gasteiger partial charge >= 0.3 is 5.97 Å². The average molecular weight is 583 g/mol. The fourth-order valence-electron chi connectivity index (χ4n) is 3.24. The highest BCUT2D eigenvalue weighted by atomic mass is 79.9. The molecular weight excluding hydrogens is 567 g/mol. The van der Waals surface area contributed by atoms with Crippen molar-refractivity contribution in [3.63, 3.8) is 0 Å². The summed E-state index contributed by atoms with van der Waals surface area (Å²) < 4.78 is 17.4. The molecule has 1 aromatic heterocycles. The third kappa shape index (κ3) is 5.76. The van der Waals surface area contributed by atoms with E-state index >= 15 is 0 Å². The van der Waals surface area contributed by atoms with Crippen LogP contribution in [0.3, 0.4) is 0 Å². The highest BCUT2D eigenvalue weighted by Gasteiger charge is 2.14. The van der Waals surface area contributed by atoms with Gasteiger partial charge in [0.2, 0.25) is 5.43 Å². The molecule has 0 unspecified atom stereocenters. The van der Waals surface area contributed by atoms with E-state index in [0.29, 0.717) is 55.9 Å². The van der Waals surface area contributed by atoms with Crippen molar-refractivity contribution in [3.05, 3.63) is 90.6 Å². The van der Waals surface area contributed by atoms with Crippen molar-refractivity contribution in [2.45, 2.75) is 12.8 Å². The van der Waals surface area contributed by atoms with E-state index < -0.39 is 5.97 Å². The second-order valence-corrected chi connectivity index (χ2v) is 9.40. The smallest absolute Gasteiger partial charge is 0.311 e. The lowest BCUT2D eigenvalue weighted by Gasteiger charge is -2.09. The Labute approximate surface area is 218 Å². The largest absolute Gasteiger partial charge is 0.492 e. The highest BCUT2D eigenvalue weighted by molar-refractivity contribution is 9.10. The van der Waals surface area contributed by atoms with Crippen LogP contribution in [0.1, 0.15) is 12.8 Å². The van der Waals surface area contributed by atoms with Gasteiger partial charge in [-0.15, -0.1) is 0 Å². The first kappa shape index (κ1) is 24.6. The molecule has 0 saturated heterocycles. The average Bonchev–Trinajstić information content (AvgIpc) is 2.79. The fraction of sp³-hybridized carbons (Fsp3) is 0.120. The first-order valence-corrected chi connectivity index (χ1v) is 12.0. The van der Waals surface area contributed by atoms with E-state index in [1.165, 1.54) is 12.3 Å². The van der Waals surface area contributed by atoms with Gasteiger partial charge in [0.05, 0.1) is 27.1 Å². The van der Waals surface area contributed by atoms with E-state index in [9.17, 15) is 9.59 Å². The Kier molecular flexibility index (Phi) is 7.84. The molecule has 34 heavy (non-hydrogen) atoms. The Morgan fingerprint density at radius 1 is 0.941 bits per heavy atom. The van der Waals surface area contributed by atoms with Crippen LogP contribution < -0.4 is 14.9 Å². The topological polar surface area (TPSA) is 65.7 Å². The molecule has 0 radical (unpaired) electrons. The van der Waals surface area contributed by atoms with Crippen LogP contribution in [0.2, 0.25) is 15.1 Å². The Balaban J connectivity index is 1.39. The summed E-state index contributed by atoms with van der Waals surface area (Å²) in [6, 6.07) is 14.7. The minimum Gasteiger partial charge on any atom is -0.492 e. The molecule has 0 saturated carbocycles. The monoisotopic (exact) mass is 580 g/mol. The van der Waals surface area contributed by atoms with Crippen molar-refractivity contribution in [1.29, 1.82) is 0 Å². The summed E-state index contributed by atoms with van der Waals surface area (Å²) in [7, 11) is 0. The van der Waals surface area contributed by atoms with Crippen LogP contribution in [-0.2, 0) is 4.79 Å². The predicted octanol–water partition coefficient (Wildman–Crippen LogP) is 7.95. The minimum absolute atomic E-state index is 0.154. The first-order valence-electron chi connectivity index (χ1n) is 10.1. The molecule has 0 aliphatic heterocycles. The van der Waals surface area contributed by atoms with E-state index in [2.05, 4.69) is 15.9 Å². The van der Waals surface area contributed by atoms with Crippen LogP contribution in [0.4, 0.5) is 0 Å². The van der Waals surface area contributed by atoms with Gasteiger partial charge in [-0.25, -0.2) is 0 Å². The van der Waals surface area contributed by atoms with Crippen molar-refractivity contribution in [1.82, 2.24) is 0 Å². The number of hydrogen-bond donors (Lipinski definition) is 0. The molecule has 4 aromatic rings. The molecule has 0 N–H and O–H groups in total. The van der Waals surface area contributed by atoms with Crippen LogP contribution >= 0.6 is 50.7 Å². The molecule has 0 spiro atoms. The maximum atomic E-state index is 12.9. The maximum Gasteiger partial charge on any atom is 0.311 e. The van der Waals surface area contributed by atoms with Crippen LogP contribution in [0.5, 0.6) is 11.5 Å². The number of carbonyl (C=O) groups is 1. The van der Waals surface area contributed by atoms with E-state index in [-0.39, 0.29) is 17.6 Å². The molecular formula is C25H16BrCl3O5. The summed E-state index contributed by atoms with van der Waals surface area (Å²) >= 11 is 21.5. The number of ether oxygens (including phenoxy) is 2. The van der Waals surface area contributed by atoms with Crippen LogP contribution in [-0.4, -0.2) is 12.6 Å². The van der Waals surface area contributed by atoms with Gasteiger partial charge in [-0.05, 0) is 64.8 Å². The summed E-state index contributed by atoms with van der Waals surface area (Å²) in [5, 5.41) is 1.75. The lowest BCUT2D eigenvalue weighted by Crippen LogP contribution is -2.10. The maximum absolute atomic E-state index is 12.9. The molecule has 9 heteroatoms. The first-order chi connectivity index (χ1) is 16.3. The molecule has 3 aromatic carbocycles. The third-order valence-electron chi connectivity index (χ3n) is 4.88. The standard InChI is InChI=1S/C25H16BrCl3O5/c26-20-10-14(27)4-8-22(20)32-9-1-2-24(30)34-16-5-7-18-23(12-16)33-13-19(25(18)31)17-6-3-15(28)11-21(17)29/h3-8,10-13H,1-2,9H2. The fourth-order valence-corrected chi connectivity index (χ4v) is 4.55. The Morgan fingerprint density at radius 2 is 1.71 bits per heavy atom. The van der Waals surface area contributed by atoms with Gasteiger partial charge in [0.15, 0.2) is 0 Å². The SMILES string of the molecule is O=C(CCCOc1ccc(Cl)cc1Br)Oc1ccc2c(=O)c(-c3ccc(Cl)cc3Cl)coc2c1. The van der Waals surface area contributed by atoms with Gasteiger partial charge in [0.1, 0.15) is 23.3 Å². The summed E-state index contributed by atoms with van der Waals surface area (Å²) in [6.45, 7) is 0.331. The Morgan fingerprint density at radius 3 is 2.47 bits per heavy atom. The van der Waals surface area contributed by atoms with Crippen LogP contribution in [0.25, 0.3) is 22.1 Å². The van der Waals surface area contributed by atoms with Crippen molar-refractivity contribution in [2.75, 3.05) is 6.61 Å². The summed E-state index contributed by atoms with van der Waals surface area (Å²) in [6.07, 6.45) is 1.95. The number of benzene rings is 3. The van der Waals surface area contributed by atoms with E-state index in [4.69, 9.17) is 48.7 Å². The zero-order valence-corrected chi connectivity index (χ0v) is 21.3. The summed E-state index contributed by atoms with van der Waals surface area (Å²) in [5.74, 6) is 0.492. The predicted molar refractivity (Wildman–Crippen MR) is 137 cm³/mol. The number of halogens is 4. The molecule has 0 aliphatic rings. The second-order valence-electron chi connectivity index (χ2n) is 7.26. The van der Waals surface area contributed by atoms with Crippen molar-refractivity contribution in [3.8, 4) is 22.6 Å². The van der Waals surface area contributed by atoms with Gasteiger partial charge in [-0.3, -0.25) is 9.59 Å². The molecule has 0 atom stereocenters. The number of esters is 1. The van der Waals surface area contributed by atoms with Crippen LogP contribution in [0.15, 0.2) is 74.5 Å².